The van der Waals surface area contributed by atoms with Crippen molar-refractivity contribution in [1.82, 2.24) is 4.90 Å². The molecule has 1 saturated heterocycles. The summed E-state index contributed by atoms with van der Waals surface area (Å²) >= 11 is 0. The predicted octanol–water partition coefficient (Wildman–Crippen LogP) is 4.33. The molecule has 0 aromatic heterocycles. The van der Waals surface area contributed by atoms with Crippen molar-refractivity contribution >= 4 is 35.6 Å². The largest absolute Gasteiger partial charge is 0.491 e. The van der Waals surface area contributed by atoms with Gasteiger partial charge in [0.15, 0.2) is 5.96 Å². The molecule has 26 heavy (non-hydrogen) atoms. The average molecular weight is 474 g/mol. The lowest BCUT2D eigenvalue weighted by molar-refractivity contribution is 0.181. The fourth-order valence-electron chi connectivity index (χ4n) is 3.21. The SMILES string of the molecule is CC1CCCN(CCCCN=C(N)Nc2ccc(OC(C)C)cc2)C1.I. The number of aliphatic imine (C=N–C) groups is 1. The number of piperidine rings is 1. The van der Waals surface area contributed by atoms with E-state index >= 15 is 0 Å². The topological polar surface area (TPSA) is 62.9 Å². The van der Waals surface area contributed by atoms with Crippen molar-refractivity contribution in [2.75, 3.05) is 31.5 Å². The Labute approximate surface area is 175 Å². The maximum Gasteiger partial charge on any atom is 0.193 e. The number of likely N-dealkylation sites (tertiary alicyclic amines) is 1. The van der Waals surface area contributed by atoms with Crippen LogP contribution in [0.2, 0.25) is 0 Å². The van der Waals surface area contributed by atoms with Crippen LogP contribution in [0.15, 0.2) is 29.3 Å². The Balaban J connectivity index is 0.00000338. The summed E-state index contributed by atoms with van der Waals surface area (Å²) in [6, 6.07) is 7.79. The number of hydrogen-bond donors (Lipinski definition) is 2. The van der Waals surface area contributed by atoms with Crippen molar-refractivity contribution in [3.8, 4) is 5.75 Å². The Morgan fingerprint density at radius 1 is 1.31 bits per heavy atom. The maximum absolute atomic E-state index is 5.96. The summed E-state index contributed by atoms with van der Waals surface area (Å²) in [4.78, 5) is 7.01. The van der Waals surface area contributed by atoms with Gasteiger partial charge in [-0.05, 0) is 82.8 Å². The van der Waals surface area contributed by atoms with Gasteiger partial charge in [-0.3, -0.25) is 4.99 Å². The van der Waals surface area contributed by atoms with Crippen molar-refractivity contribution in [2.24, 2.45) is 16.6 Å². The van der Waals surface area contributed by atoms with E-state index in [1.54, 1.807) is 0 Å². The molecule has 0 spiro atoms. The molecule has 1 aromatic carbocycles. The van der Waals surface area contributed by atoms with Crippen LogP contribution in [0.5, 0.6) is 5.75 Å². The van der Waals surface area contributed by atoms with Crippen molar-refractivity contribution in [1.29, 1.82) is 0 Å². The molecule has 0 aliphatic carbocycles. The zero-order chi connectivity index (χ0) is 18.1. The third-order valence-corrected chi connectivity index (χ3v) is 4.40. The molecule has 148 valence electrons. The number of hydrogen-bond acceptors (Lipinski definition) is 3. The molecule has 0 saturated carbocycles. The van der Waals surface area contributed by atoms with E-state index in [1.165, 1.54) is 38.9 Å². The van der Waals surface area contributed by atoms with Crippen molar-refractivity contribution in [3.05, 3.63) is 24.3 Å². The summed E-state index contributed by atoms with van der Waals surface area (Å²) in [5.41, 5.74) is 6.90. The first kappa shape index (κ1) is 23.0. The number of nitrogens with zero attached hydrogens (tertiary/aromatic N) is 2. The number of rotatable bonds is 8. The van der Waals surface area contributed by atoms with Crippen molar-refractivity contribution in [3.63, 3.8) is 0 Å². The Kier molecular flexibility index (Phi) is 11.0. The second-order valence-corrected chi connectivity index (χ2v) is 7.34. The minimum absolute atomic E-state index is 0. The maximum atomic E-state index is 5.96. The summed E-state index contributed by atoms with van der Waals surface area (Å²) in [5.74, 6) is 2.19. The minimum atomic E-state index is 0. The number of benzene rings is 1. The molecule has 0 amide bonds. The third kappa shape index (κ3) is 9.07. The number of anilines is 1. The zero-order valence-electron chi connectivity index (χ0n) is 16.4. The van der Waals surface area contributed by atoms with Crippen LogP contribution in [0.1, 0.15) is 46.5 Å². The minimum Gasteiger partial charge on any atom is -0.491 e. The lowest BCUT2D eigenvalue weighted by atomic mass is 10.0. The van der Waals surface area contributed by atoms with Gasteiger partial charge in [-0.15, -0.1) is 24.0 Å². The third-order valence-electron chi connectivity index (χ3n) is 4.40. The van der Waals surface area contributed by atoms with E-state index in [0.717, 1.165) is 30.3 Å². The smallest absolute Gasteiger partial charge is 0.193 e. The van der Waals surface area contributed by atoms with Gasteiger partial charge in [0, 0.05) is 18.8 Å². The molecule has 1 aliphatic heterocycles. The number of nitrogens with two attached hydrogens (primary N) is 1. The molecular weight excluding hydrogens is 439 g/mol. The first-order valence-electron chi connectivity index (χ1n) is 9.59. The normalized spacial score (nSPS) is 18.5. The molecule has 1 fully saturated rings. The molecule has 5 nitrogen and oxygen atoms in total. The van der Waals surface area contributed by atoms with E-state index in [0.29, 0.717) is 5.96 Å². The van der Waals surface area contributed by atoms with E-state index in [9.17, 15) is 0 Å². The van der Waals surface area contributed by atoms with Crippen LogP contribution in [-0.4, -0.2) is 43.1 Å². The van der Waals surface area contributed by atoms with Gasteiger partial charge < -0.3 is 20.7 Å². The number of unbranched alkanes of at least 4 members (excludes halogenated alkanes) is 1. The predicted molar refractivity (Wildman–Crippen MR) is 122 cm³/mol. The second-order valence-electron chi connectivity index (χ2n) is 7.34. The Morgan fingerprint density at radius 3 is 2.69 bits per heavy atom. The second kappa shape index (κ2) is 12.4. The van der Waals surface area contributed by atoms with Gasteiger partial charge in [0.05, 0.1) is 6.10 Å². The Hall–Kier alpha value is -1.02. The van der Waals surface area contributed by atoms with Gasteiger partial charge in [0.2, 0.25) is 0 Å². The monoisotopic (exact) mass is 474 g/mol. The number of guanidine groups is 1. The highest BCUT2D eigenvalue weighted by molar-refractivity contribution is 14.0. The van der Waals surface area contributed by atoms with E-state index in [4.69, 9.17) is 10.5 Å². The summed E-state index contributed by atoms with van der Waals surface area (Å²) < 4.78 is 5.63. The molecule has 3 N–H and O–H groups in total. The van der Waals surface area contributed by atoms with Crippen molar-refractivity contribution in [2.45, 2.75) is 52.6 Å². The van der Waals surface area contributed by atoms with Crippen LogP contribution in [0.3, 0.4) is 0 Å². The van der Waals surface area contributed by atoms with Crippen LogP contribution in [-0.2, 0) is 0 Å². The Bertz CT molecular complexity index is 533. The highest BCUT2D eigenvalue weighted by atomic mass is 127. The molecule has 0 radical (unpaired) electrons. The molecule has 1 unspecified atom stereocenters. The molecule has 0 bridgehead atoms. The summed E-state index contributed by atoms with van der Waals surface area (Å²) in [7, 11) is 0. The first-order chi connectivity index (χ1) is 12.0. The van der Waals surface area contributed by atoms with E-state index in [-0.39, 0.29) is 30.1 Å². The molecular formula is C20H35IN4O. The quantitative estimate of drug-likeness (QED) is 0.255. The number of halogens is 1. The molecule has 2 rings (SSSR count). The fraction of sp³-hybridized carbons (Fsp3) is 0.650. The van der Waals surface area contributed by atoms with Crippen LogP contribution < -0.4 is 15.8 Å². The summed E-state index contributed by atoms with van der Waals surface area (Å²) in [6.45, 7) is 10.9. The lowest BCUT2D eigenvalue weighted by Crippen LogP contribution is -2.35. The first-order valence-corrected chi connectivity index (χ1v) is 9.59. The highest BCUT2D eigenvalue weighted by Gasteiger charge is 2.15. The van der Waals surface area contributed by atoms with Gasteiger partial charge in [-0.1, -0.05) is 6.92 Å². The van der Waals surface area contributed by atoms with Crippen molar-refractivity contribution < 1.29 is 4.74 Å². The lowest BCUT2D eigenvalue weighted by Gasteiger charge is -2.30. The summed E-state index contributed by atoms with van der Waals surface area (Å²) in [5, 5.41) is 3.13. The van der Waals surface area contributed by atoms with E-state index < -0.39 is 0 Å². The highest BCUT2D eigenvalue weighted by Crippen LogP contribution is 2.17. The molecule has 1 heterocycles. The standard InChI is InChI=1S/C20H34N4O.HI/c1-16(2)25-19-10-8-18(9-11-19)23-20(21)22-12-4-5-13-24-14-6-7-17(3)15-24;/h8-11,16-17H,4-7,12-15H2,1-3H3,(H3,21,22,23);1H. The van der Waals surface area contributed by atoms with Gasteiger partial charge in [0.1, 0.15) is 5.75 Å². The van der Waals surface area contributed by atoms with Crippen LogP contribution in [0.4, 0.5) is 5.69 Å². The number of ether oxygens (including phenoxy) is 1. The Morgan fingerprint density at radius 2 is 2.04 bits per heavy atom. The van der Waals surface area contributed by atoms with E-state index in [2.05, 4.69) is 22.1 Å². The number of nitrogens with one attached hydrogen (secondary N) is 1. The molecule has 1 atom stereocenters. The van der Waals surface area contributed by atoms with Gasteiger partial charge in [0.25, 0.3) is 0 Å². The summed E-state index contributed by atoms with van der Waals surface area (Å²) in [6.07, 6.45) is 5.17. The van der Waals surface area contributed by atoms with Gasteiger partial charge >= 0.3 is 0 Å². The van der Waals surface area contributed by atoms with Crippen LogP contribution >= 0.6 is 24.0 Å². The molecule has 1 aromatic rings. The van der Waals surface area contributed by atoms with Crippen LogP contribution in [0, 0.1) is 5.92 Å². The molecule has 6 heteroatoms. The average Bonchev–Trinajstić information content (AvgIpc) is 2.56. The molecule has 1 aliphatic rings. The fourth-order valence-corrected chi connectivity index (χ4v) is 3.21. The van der Waals surface area contributed by atoms with Crippen LogP contribution in [0.25, 0.3) is 0 Å². The van der Waals surface area contributed by atoms with E-state index in [1.807, 2.05) is 38.1 Å². The van der Waals surface area contributed by atoms with Gasteiger partial charge in [-0.2, -0.15) is 0 Å². The van der Waals surface area contributed by atoms with Gasteiger partial charge in [-0.25, -0.2) is 0 Å². The zero-order valence-corrected chi connectivity index (χ0v) is 18.7.